The Hall–Kier alpha value is -1.57. The first kappa shape index (κ1) is 13.9. The van der Waals surface area contributed by atoms with E-state index in [0.717, 1.165) is 18.6 Å². The van der Waals surface area contributed by atoms with E-state index >= 15 is 0 Å². The van der Waals surface area contributed by atoms with Crippen LogP contribution in [0.2, 0.25) is 0 Å². The SMILES string of the molecule is CC(C)C1=NOC(C(=O)N2CCC(C)(C#N)CC2)C1. The van der Waals surface area contributed by atoms with E-state index in [1.165, 1.54) is 0 Å². The molecule has 2 heterocycles. The molecule has 0 aliphatic carbocycles. The number of rotatable bonds is 2. The van der Waals surface area contributed by atoms with E-state index in [9.17, 15) is 4.79 Å². The molecule has 5 heteroatoms. The van der Waals surface area contributed by atoms with Crippen molar-refractivity contribution in [2.45, 2.75) is 46.1 Å². The van der Waals surface area contributed by atoms with E-state index in [1.54, 1.807) is 0 Å². The topological polar surface area (TPSA) is 65.7 Å². The molecular formula is C14H21N3O2. The van der Waals surface area contributed by atoms with Crippen molar-refractivity contribution >= 4 is 11.6 Å². The molecule has 0 radical (unpaired) electrons. The van der Waals surface area contributed by atoms with Gasteiger partial charge in [-0.3, -0.25) is 4.79 Å². The standard InChI is InChI=1S/C14H21N3O2/c1-10(2)11-8-12(19-16-11)13(18)17-6-4-14(3,9-15)5-7-17/h10,12H,4-8H2,1-3H3. The van der Waals surface area contributed by atoms with Crippen LogP contribution < -0.4 is 0 Å². The number of hydrogen-bond acceptors (Lipinski definition) is 4. The minimum absolute atomic E-state index is 0.0133. The van der Waals surface area contributed by atoms with Gasteiger partial charge < -0.3 is 9.74 Å². The highest BCUT2D eigenvalue weighted by molar-refractivity contribution is 5.93. The minimum atomic E-state index is -0.455. The summed E-state index contributed by atoms with van der Waals surface area (Å²) in [5, 5.41) is 13.1. The number of oxime groups is 1. The van der Waals surface area contributed by atoms with Crippen LogP contribution in [0.1, 0.15) is 40.0 Å². The average Bonchev–Trinajstić information content (AvgIpc) is 2.88. The first-order chi connectivity index (χ1) is 8.95. The van der Waals surface area contributed by atoms with E-state index < -0.39 is 6.10 Å². The lowest BCUT2D eigenvalue weighted by Crippen LogP contribution is -2.46. The number of nitrogens with zero attached hydrogens (tertiary/aromatic N) is 3. The zero-order chi connectivity index (χ0) is 14.0. The van der Waals surface area contributed by atoms with Gasteiger partial charge in [0.2, 0.25) is 6.10 Å². The lowest BCUT2D eigenvalue weighted by Gasteiger charge is -2.35. The molecule has 1 saturated heterocycles. The Labute approximate surface area is 114 Å². The van der Waals surface area contributed by atoms with E-state index in [1.807, 2.05) is 25.7 Å². The Bertz CT molecular complexity index is 428. The smallest absolute Gasteiger partial charge is 0.266 e. The summed E-state index contributed by atoms with van der Waals surface area (Å²) in [6.07, 6.45) is 1.62. The van der Waals surface area contributed by atoms with Gasteiger partial charge in [0.25, 0.3) is 5.91 Å². The Morgan fingerprint density at radius 2 is 2.16 bits per heavy atom. The number of likely N-dealkylation sites (tertiary alicyclic amines) is 1. The molecule has 0 aromatic rings. The van der Waals surface area contributed by atoms with Gasteiger partial charge in [0.15, 0.2) is 0 Å². The Kier molecular flexibility index (Phi) is 3.79. The highest BCUT2D eigenvalue weighted by Gasteiger charge is 2.37. The molecule has 19 heavy (non-hydrogen) atoms. The maximum atomic E-state index is 12.3. The third-order valence-corrected chi connectivity index (χ3v) is 4.08. The molecule has 0 aromatic carbocycles. The molecule has 2 aliphatic rings. The molecule has 2 aliphatic heterocycles. The molecule has 0 bridgehead atoms. The van der Waals surface area contributed by atoms with Gasteiger partial charge in [-0.05, 0) is 25.7 Å². The van der Waals surface area contributed by atoms with Gasteiger partial charge in [0.1, 0.15) is 0 Å². The van der Waals surface area contributed by atoms with Crippen molar-refractivity contribution < 1.29 is 9.63 Å². The van der Waals surface area contributed by atoms with E-state index in [4.69, 9.17) is 10.1 Å². The Morgan fingerprint density at radius 1 is 1.53 bits per heavy atom. The van der Waals surface area contributed by atoms with Gasteiger partial charge in [-0.25, -0.2) is 0 Å². The quantitative estimate of drug-likeness (QED) is 0.764. The second kappa shape index (κ2) is 5.20. The van der Waals surface area contributed by atoms with Crippen molar-refractivity contribution in [3.8, 4) is 6.07 Å². The molecule has 1 unspecified atom stereocenters. The zero-order valence-electron chi connectivity index (χ0n) is 11.8. The third-order valence-electron chi connectivity index (χ3n) is 4.08. The predicted molar refractivity (Wildman–Crippen MR) is 71.3 cm³/mol. The first-order valence-corrected chi connectivity index (χ1v) is 6.88. The van der Waals surface area contributed by atoms with Gasteiger partial charge in [-0.1, -0.05) is 19.0 Å². The number of carbonyl (C=O) groups is 1. The van der Waals surface area contributed by atoms with Crippen LogP contribution in [0.3, 0.4) is 0 Å². The van der Waals surface area contributed by atoms with Gasteiger partial charge in [-0.15, -0.1) is 0 Å². The first-order valence-electron chi connectivity index (χ1n) is 6.88. The monoisotopic (exact) mass is 263 g/mol. The van der Waals surface area contributed by atoms with Crippen molar-refractivity contribution in [3.05, 3.63) is 0 Å². The van der Waals surface area contributed by atoms with Crippen LogP contribution in [-0.4, -0.2) is 35.7 Å². The van der Waals surface area contributed by atoms with Crippen molar-refractivity contribution in [1.29, 1.82) is 5.26 Å². The number of hydrogen-bond donors (Lipinski definition) is 0. The van der Waals surface area contributed by atoms with Crippen LogP contribution in [0.25, 0.3) is 0 Å². The summed E-state index contributed by atoms with van der Waals surface area (Å²) in [6, 6.07) is 2.34. The maximum absolute atomic E-state index is 12.3. The summed E-state index contributed by atoms with van der Waals surface area (Å²) in [4.78, 5) is 19.4. The second-order valence-corrected chi connectivity index (χ2v) is 6.03. The molecule has 104 valence electrons. The summed E-state index contributed by atoms with van der Waals surface area (Å²) in [6.45, 7) is 7.34. The summed E-state index contributed by atoms with van der Waals surface area (Å²) in [5.41, 5.74) is 0.671. The fourth-order valence-corrected chi connectivity index (χ4v) is 2.41. The predicted octanol–water partition coefficient (Wildman–Crippen LogP) is 1.94. The largest absolute Gasteiger partial charge is 0.382 e. The van der Waals surface area contributed by atoms with Crippen molar-refractivity contribution in [3.63, 3.8) is 0 Å². The van der Waals surface area contributed by atoms with Gasteiger partial charge >= 0.3 is 0 Å². The average molecular weight is 263 g/mol. The highest BCUT2D eigenvalue weighted by atomic mass is 16.6. The zero-order valence-corrected chi connectivity index (χ0v) is 11.8. The summed E-state index contributed by atoms with van der Waals surface area (Å²) >= 11 is 0. The minimum Gasteiger partial charge on any atom is -0.382 e. The number of piperidine rings is 1. The fourth-order valence-electron chi connectivity index (χ4n) is 2.41. The Morgan fingerprint density at radius 3 is 2.63 bits per heavy atom. The summed E-state index contributed by atoms with van der Waals surface area (Å²) < 4.78 is 0. The summed E-state index contributed by atoms with van der Waals surface area (Å²) in [7, 11) is 0. The van der Waals surface area contributed by atoms with Crippen molar-refractivity contribution in [2.75, 3.05) is 13.1 Å². The lowest BCUT2D eigenvalue weighted by atomic mass is 9.82. The molecule has 1 atom stereocenters. The molecule has 1 fully saturated rings. The van der Waals surface area contributed by atoms with E-state index in [-0.39, 0.29) is 11.3 Å². The number of carbonyl (C=O) groups excluding carboxylic acids is 1. The number of amides is 1. The van der Waals surface area contributed by atoms with Crippen LogP contribution in [-0.2, 0) is 9.63 Å². The fraction of sp³-hybridized carbons (Fsp3) is 0.786. The van der Waals surface area contributed by atoms with Crippen LogP contribution in [0.15, 0.2) is 5.16 Å². The molecule has 0 N–H and O–H groups in total. The molecule has 2 rings (SSSR count). The van der Waals surface area contributed by atoms with E-state index in [0.29, 0.717) is 25.4 Å². The molecular weight excluding hydrogens is 242 g/mol. The molecule has 0 aromatic heterocycles. The molecule has 0 spiro atoms. The second-order valence-electron chi connectivity index (χ2n) is 6.03. The molecule has 1 amide bonds. The van der Waals surface area contributed by atoms with Crippen LogP contribution >= 0.6 is 0 Å². The maximum Gasteiger partial charge on any atom is 0.266 e. The molecule has 5 nitrogen and oxygen atoms in total. The normalized spacial score (nSPS) is 25.7. The van der Waals surface area contributed by atoms with Gasteiger partial charge in [-0.2, -0.15) is 5.26 Å². The number of nitriles is 1. The summed E-state index contributed by atoms with van der Waals surface area (Å²) in [5.74, 6) is 0.334. The van der Waals surface area contributed by atoms with Crippen molar-refractivity contribution in [1.82, 2.24) is 4.90 Å². The lowest BCUT2D eigenvalue weighted by molar-refractivity contribution is -0.143. The third kappa shape index (κ3) is 2.89. The molecule has 0 saturated carbocycles. The van der Waals surface area contributed by atoms with E-state index in [2.05, 4.69) is 11.2 Å². The van der Waals surface area contributed by atoms with Crippen LogP contribution in [0, 0.1) is 22.7 Å². The van der Waals surface area contributed by atoms with Gasteiger partial charge in [0.05, 0.1) is 17.2 Å². The van der Waals surface area contributed by atoms with Crippen LogP contribution in [0.4, 0.5) is 0 Å². The van der Waals surface area contributed by atoms with Crippen molar-refractivity contribution in [2.24, 2.45) is 16.5 Å². The highest BCUT2D eigenvalue weighted by Crippen LogP contribution is 2.30. The van der Waals surface area contributed by atoms with Crippen LogP contribution in [0.5, 0.6) is 0 Å². The van der Waals surface area contributed by atoms with Gasteiger partial charge in [0, 0.05) is 19.5 Å². The Balaban J connectivity index is 1.88.